The zero-order valence-corrected chi connectivity index (χ0v) is 19.2. The third-order valence-corrected chi connectivity index (χ3v) is 6.26. The Morgan fingerprint density at radius 2 is 1.78 bits per heavy atom. The molecule has 0 fully saturated rings. The molecule has 2 aromatic carbocycles. The molecule has 0 heterocycles. The van der Waals surface area contributed by atoms with Gasteiger partial charge in [0.15, 0.2) is 0 Å². The van der Waals surface area contributed by atoms with Crippen LogP contribution in [-0.4, -0.2) is 52.5 Å². The van der Waals surface area contributed by atoms with Gasteiger partial charge in [-0.1, -0.05) is 41.9 Å². The van der Waals surface area contributed by atoms with Crippen LogP contribution in [0.15, 0.2) is 53.4 Å². The summed E-state index contributed by atoms with van der Waals surface area (Å²) in [5, 5.41) is 2.28. The van der Waals surface area contributed by atoms with Crippen molar-refractivity contribution in [2.24, 2.45) is 0 Å². The fraction of sp³-hybridized carbons (Fsp3) is 0.381. The van der Waals surface area contributed by atoms with Crippen LogP contribution >= 0.6 is 11.6 Å². The second-order valence-corrected chi connectivity index (χ2v) is 9.68. The Morgan fingerprint density at radius 3 is 2.38 bits per heavy atom. The van der Waals surface area contributed by atoms with E-state index in [-0.39, 0.29) is 24.9 Å². The SMILES string of the molecule is CN(C)CC(Cc1ccccc1)NC(=O)CCNS(=O)(=O)c1ccc(Cl)c(C(F)(F)F)c1. The topological polar surface area (TPSA) is 78.5 Å². The van der Waals surface area contributed by atoms with Gasteiger partial charge in [0.1, 0.15) is 0 Å². The molecule has 6 nitrogen and oxygen atoms in total. The molecule has 11 heteroatoms. The molecule has 0 aliphatic carbocycles. The highest BCUT2D eigenvalue weighted by atomic mass is 35.5. The van der Waals surface area contributed by atoms with Crippen LogP contribution < -0.4 is 10.0 Å². The number of hydrogen-bond donors (Lipinski definition) is 2. The van der Waals surface area contributed by atoms with E-state index in [4.69, 9.17) is 11.6 Å². The normalized spacial score (nSPS) is 13.2. The number of halogens is 4. The monoisotopic (exact) mass is 491 g/mol. The van der Waals surface area contributed by atoms with E-state index in [0.29, 0.717) is 19.0 Å². The van der Waals surface area contributed by atoms with Crippen molar-refractivity contribution < 1.29 is 26.4 Å². The molecule has 0 radical (unpaired) electrons. The zero-order valence-electron chi connectivity index (χ0n) is 17.6. The van der Waals surface area contributed by atoms with Crippen molar-refractivity contribution in [3.63, 3.8) is 0 Å². The predicted octanol–water partition coefficient (Wildman–Crippen LogP) is 3.32. The van der Waals surface area contributed by atoms with Crippen LogP contribution in [0.4, 0.5) is 13.2 Å². The van der Waals surface area contributed by atoms with Crippen molar-refractivity contribution in [1.29, 1.82) is 0 Å². The minimum atomic E-state index is -4.79. The van der Waals surface area contributed by atoms with E-state index in [1.807, 2.05) is 49.3 Å². The Kier molecular flexibility index (Phi) is 9.08. The molecule has 0 saturated carbocycles. The van der Waals surface area contributed by atoms with Gasteiger partial charge in [-0.25, -0.2) is 13.1 Å². The fourth-order valence-electron chi connectivity index (χ4n) is 3.07. The van der Waals surface area contributed by atoms with Crippen molar-refractivity contribution in [3.05, 3.63) is 64.7 Å². The van der Waals surface area contributed by atoms with Gasteiger partial charge in [0.05, 0.1) is 15.5 Å². The molecule has 0 spiro atoms. The summed E-state index contributed by atoms with van der Waals surface area (Å²) in [4.78, 5) is 13.7. The summed E-state index contributed by atoms with van der Waals surface area (Å²) in [6.07, 6.45) is -4.36. The average molecular weight is 492 g/mol. The number of carbonyl (C=O) groups excluding carboxylic acids is 1. The lowest BCUT2D eigenvalue weighted by Gasteiger charge is -2.22. The molecule has 2 N–H and O–H groups in total. The van der Waals surface area contributed by atoms with E-state index >= 15 is 0 Å². The molecule has 0 aliphatic heterocycles. The van der Waals surface area contributed by atoms with Crippen molar-refractivity contribution >= 4 is 27.5 Å². The Labute approximate surface area is 190 Å². The quantitative estimate of drug-likeness (QED) is 0.534. The lowest BCUT2D eigenvalue weighted by Crippen LogP contribution is -2.44. The summed E-state index contributed by atoms with van der Waals surface area (Å²) in [6.45, 7) is 0.315. The average Bonchev–Trinajstić information content (AvgIpc) is 2.67. The minimum Gasteiger partial charge on any atom is -0.352 e. The van der Waals surface area contributed by atoms with Crippen molar-refractivity contribution in [2.75, 3.05) is 27.2 Å². The second-order valence-electron chi connectivity index (χ2n) is 7.50. The molecule has 176 valence electrons. The van der Waals surface area contributed by atoms with Gasteiger partial charge in [0, 0.05) is 25.6 Å². The van der Waals surface area contributed by atoms with E-state index in [1.54, 1.807) is 0 Å². The van der Waals surface area contributed by atoms with Gasteiger partial charge in [0.25, 0.3) is 0 Å². The van der Waals surface area contributed by atoms with Crippen molar-refractivity contribution in [1.82, 2.24) is 14.9 Å². The molecular formula is C21H25ClF3N3O3S. The van der Waals surface area contributed by atoms with E-state index in [2.05, 4.69) is 10.0 Å². The maximum absolute atomic E-state index is 13.0. The Morgan fingerprint density at radius 1 is 1.12 bits per heavy atom. The summed E-state index contributed by atoms with van der Waals surface area (Å²) >= 11 is 5.53. The standard InChI is InChI=1S/C21H25ClF3N3O3S/c1-28(2)14-16(12-15-6-4-3-5-7-15)27-20(29)10-11-26-32(30,31)17-8-9-19(22)18(13-17)21(23,24)25/h3-9,13,16,26H,10-12,14H2,1-2H3,(H,27,29). The summed E-state index contributed by atoms with van der Waals surface area (Å²) in [5.74, 6) is -0.373. The molecule has 2 aromatic rings. The fourth-order valence-corrected chi connectivity index (χ4v) is 4.35. The number of benzene rings is 2. The Bertz CT molecular complexity index is 1020. The lowest BCUT2D eigenvalue weighted by atomic mass is 10.1. The van der Waals surface area contributed by atoms with Gasteiger partial charge in [-0.15, -0.1) is 0 Å². The van der Waals surface area contributed by atoms with Gasteiger partial charge >= 0.3 is 6.18 Å². The van der Waals surface area contributed by atoms with Crippen LogP contribution in [0.1, 0.15) is 17.5 Å². The number of nitrogens with zero attached hydrogens (tertiary/aromatic N) is 1. The van der Waals surface area contributed by atoms with Crippen LogP contribution in [0.25, 0.3) is 0 Å². The van der Waals surface area contributed by atoms with Crippen LogP contribution in [-0.2, 0) is 27.4 Å². The summed E-state index contributed by atoms with van der Waals surface area (Å²) in [6, 6.07) is 11.7. The first kappa shape index (κ1) is 26.1. The van der Waals surface area contributed by atoms with E-state index in [9.17, 15) is 26.4 Å². The summed E-state index contributed by atoms with van der Waals surface area (Å²) in [7, 11) is -0.499. The number of alkyl halides is 3. The van der Waals surface area contributed by atoms with Gasteiger partial charge in [-0.2, -0.15) is 13.2 Å². The Balaban J connectivity index is 1.97. The molecule has 1 amide bonds. The first-order valence-corrected chi connectivity index (χ1v) is 11.6. The summed E-state index contributed by atoms with van der Waals surface area (Å²) in [5.41, 5.74) is -0.198. The lowest BCUT2D eigenvalue weighted by molar-refractivity contribution is -0.137. The van der Waals surface area contributed by atoms with E-state index in [1.165, 1.54) is 0 Å². The highest BCUT2D eigenvalue weighted by Crippen LogP contribution is 2.35. The molecule has 2 rings (SSSR count). The number of carbonyl (C=O) groups is 1. The third kappa shape index (κ3) is 8.09. The molecule has 0 aliphatic rings. The maximum Gasteiger partial charge on any atom is 0.417 e. The second kappa shape index (κ2) is 11.1. The van der Waals surface area contributed by atoms with Crippen molar-refractivity contribution in [2.45, 2.75) is 30.0 Å². The minimum absolute atomic E-state index is 0.169. The number of hydrogen-bond acceptors (Lipinski definition) is 4. The van der Waals surface area contributed by atoms with Crippen LogP contribution in [0, 0.1) is 0 Å². The first-order valence-electron chi connectivity index (χ1n) is 9.73. The predicted molar refractivity (Wildman–Crippen MR) is 117 cm³/mol. The largest absolute Gasteiger partial charge is 0.417 e. The number of amides is 1. The number of sulfonamides is 1. The molecule has 32 heavy (non-hydrogen) atoms. The Hall–Kier alpha value is -2.14. The first-order chi connectivity index (χ1) is 14.9. The van der Waals surface area contributed by atoms with Gasteiger partial charge < -0.3 is 10.2 Å². The van der Waals surface area contributed by atoms with Crippen LogP contribution in [0.2, 0.25) is 5.02 Å². The molecule has 0 aromatic heterocycles. The maximum atomic E-state index is 13.0. The molecule has 1 unspecified atom stereocenters. The number of nitrogens with one attached hydrogen (secondary N) is 2. The van der Waals surface area contributed by atoms with Gasteiger partial charge in [-0.3, -0.25) is 4.79 Å². The molecule has 0 saturated heterocycles. The highest BCUT2D eigenvalue weighted by Gasteiger charge is 2.34. The zero-order chi connectivity index (χ0) is 23.9. The van der Waals surface area contributed by atoms with Gasteiger partial charge in [0.2, 0.25) is 15.9 Å². The van der Waals surface area contributed by atoms with Gasteiger partial charge in [-0.05, 0) is 44.3 Å². The number of likely N-dealkylation sites (N-methyl/N-ethyl adjacent to an activating group) is 1. The highest BCUT2D eigenvalue weighted by molar-refractivity contribution is 7.89. The van der Waals surface area contributed by atoms with E-state index < -0.39 is 31.7 Å². The van der Waals surface area contributed by atoms with E-state index in [0.717, 1.165) is 17.7 Å². The molecule has 1 atom stereocenters. The third-order valence-electron chi connectivity index (χ3n) is 4.47. The molecule has 0 bridgehead atoms. The molecular weight excluding hydrogens is 467 g/mol. The van der Waals surface area contributed by atoms with Crippen molar-refractivity contribution in [3.8, 4) is 0 Å². The van der Waals surface area contributed by atoms with Crippen LogP contribution in [0.3, 0.4) is 0 Å². The number of rotatable bonds is 10. The smallest absolute Gasteiger partial charge is 0.352 e. The van der Waals surface area contributed by atoms with Crippen LogP contribution in [0.5, 0.6) is 0 Å². The summed E-state index contributed by atoms with van der Waals surface area (Å²) < 4.78 is 65.8.